The Kier molecular flexibility index (Phi) is 6.86. The molecule has 0 bridgehead atoms. The number of nitrogens with one attached hydrogen (secondary N) is 3. The molecule has 150 valence electrons. The number of aromatic nitrogens is 1. The molecule has 1 saturated heterocycles. The quantitative estimate of drug-likeness (QED) is 0.693. The van der Waals surface area contributed by atoms with Crippen LogP contribution in [0.25, 0.3) is 6.08 Å². The topological polar surface area (TPSA) is 74.0 Å². The lowest BCUT2D eigenvalue weighted by Crippen LogP contribution is -2.28. The maximum absolute atomic E-state index is 12.6. The number of piperidine rings is 1. The fourth-order valence-corrected chi connectivity index (χ4v) is 4.66. The number of amides is 1. The Hall–Kier alpha value is -2.18. The molecule has 6 heteroatoms. The molecule has 3 rings (SSSR count). The second-order valence-electron chi connectivity index (χ2n) is 7.60. The van der Waals surface area contributed by atoms with Crippen LogP contribution in [0.1, 0.15) is 56.9 Å². The van der Waals surface area contributed by atoms with Gasteiger partial charge in [0.1, 0.15) is 0 Å². The zero-order chi connectivity index (χ0) is 20.1. The smallest absolute Gasteiger partial charge is 0.253 e. The van der Waals surface area contributed by atoms with Gasteiger partial charge in [-0.1, -0.05) is 6.08 Å². The minimum absolute atomic E-state index is 0.133. The normalized spacial score (nSPS) is 15.2. The van der Waals surface area contributed by atoms with E-state index in [1.54, 1.807) is 11.3 Å². The van der Waals surface area contributed by atoms with E-state index >= 15 is 0 Å². The SMILES string of the molecule is Cc1cc(C)c(CNC(=O)c2csc(/C=C/CC3CCNCC3)c2C)c(=O)[nH]1. The highest BCUT2D eigenvalue weighted by Gasteiger charge is 2.15. The van der Waals surface area contributed by atoms with Crippen LogP contribution in [0, 0.1) is 26.7 Å². The Morgan fingerprint density at radius 2 is 2.04 bits per heavy atom. The van der Waals surface area contributed by atoms with Gasteiger partial charge in [0, 0.05) is 28.1 Å². The van der Waals surface area contributed by atoms with E-state index in [-0.39, 0.29) is 18.0 Å². The number of allylic oxidation sites excluding steroid dienone is 1. The zero-order valence-corrected chi connectivity index (χ0v) is 17.7. The van der Waals surface area contributed by atoms with Gasteiger partial charge < -0.3 is 15.6 Å². The largest absolute Gasteiger partial charge is 0.348 e. The molecule has 5 nitrogen and oxygen atoms in total. The third-order valence-electron chi connectivity index (χ3n) is 5.44. The second kappa shape index (κ2) is 9.34. The lowest BCUT2D eigenvalue weighted by molar-refractivity contribution is 0.0950. The Labute approximate surface area is 170 Å². The van der Waals surface area contributed by atoms with Crippen molar-refractivity contribution in [1.29, 1.82) is 0 Å². The number of carbonyl (C=O) groups excluding carboxylic acids is 1. The van der Waals surface area contributed by atoms with Gasteiger partial charge in [0.15, 0.2) is 0 Å². The first-order valence-corrected chi connectivity index (χ1v) is 10.8. The number of carbonyl (C=O) groups is 1. The molecule has 0 aromatic carbocycles. The summed E-state index contributed by atoms with van der Waals surface area (Å²) < 4.78 is 0. The molecule has 1 aliphatic heterocycles. The van der Waals surface area contributed by atoms with Crippen molar-refractivity contribution in [2.45, 2.75) is 46.6 Å². The molecule has 3 heterocycles. The fourth-order valence-electron chi connectivity index (χ4n) is 3.67. The van der Waals surface area contributed by atoms with E-state index in [1.807, 2.05) is 32.2 Å². The van der Waals surface area contributed by atoms with Crippen molar-refractivity contribution in [2.75, 3.05) is 13.1 Å². The number of aromatic amines is 1. The van der Waals surface area contributed by atoms with E-state index in [0.29, 0.717) is 11.1 Å². The molecule has 0 atom stereocenters. The van der Waals surface area contributed by atoms with Crippen LogP contribution >= 0.6 is 11.3 Å². The maximum Gasteiger partial charge on any atom is 0.253 e. The summed E-state index contributed by atoms with van der Waals surface area (Å²) in [5.74, 6) is 0.627. The van der Waals surface area contributed by atoms with Gasteiger partial charge in [-0.2, -0.15) is 0 Å². The molecular weight excluding hydrogens is 370 g/mol. The van der Waals surface area contributed by atoms with Gasteiger partial charge in [0.25, 0.3) is 11.5 Å². The highest BCUT2D eigenvalue weighted by molar-refractivity contribution is 7.11. The van der Waals surface area contributed by atoms with Crippen LogP contribution in [0.3, 0.4) is 0 Å². The molecule has 1 amide bonds. The lowest BCUT2D eigenvalue weighted by atomic mass is 9.94. The average Bonchev–Trinajstić information content (AvgIpc) is 3.02. The van der Waals surface area contributed by atoms with Crippen LogP contribution in [-0.2, 0) is 6.54 Å². The van der Waals surface area contributed by atoms with Crippen LogP contribution < -0.4 is 16.2 Å². The monoisotopic (exact) mass is 399 g/mol. The minimum Gasteiger partial charge on any atom is -0.348 e. The number of pyridine rings is 1. The van der Waals surface area contributed by atoms with Crippen LogP contribution in [0.2, 0.25) is 0 Å². The molecule has 0 spiro atoms. The summed E-state index contributed by atoms with van der Waals surface area (Å²) in [7, 11) is 0. The Morgan fingerprint density at radius 1 is 1.29 bits per heavy atom. The summed E-state index contributed by atoms with van der Waals surface area (Å²) in [6.45, 7) is 8.20. The third kappa shape index (κ3) is 5.00. The predicted octanol–water partition coefficient (Wildman–Crippen LogP) is 3.69. The molecule has 1 aliphatic rings. The van der Waals surface area contributed by atoms with Gasteiger partial charge >= 0.3 is 0 Å². The lowest BCUT2D eigenvalue weighted by Gasteiger charge is -2.20. The molecule has 0 aliphatic carbocycles. The third-order valence-corrected chi connectivity index (χ3v) is 6.49. The van der Waals surface area contributed by atoms with Crippen molar-refractivity contribution in [3.05, 3.63) is 60.7 Å². The van der Waals surface area contributed by atoms with Gasteiger partial charge in [-0.3, -0.25) is 9.59 Å². The molecular formula is C22H29N3O2S. The van der Waals surface area contributed by atoms with Crippen molar-refractivity contribution in [1.82, 2.24) is 15.6 Å². The van der Waals surface area contributed by atoms with E-state index in [0.717, 1.165) is 47.1 Å². The molecule has 0 radical (unpaired) electrons. The highest BCUT2D eigenvalue weighted by Crippen LogP contribution is 2.25. The average molecular weight is 400 g/mol. The summed E-state index contributed by atoms with van der Waals surface area (Å²) in [6, 6.07) is 1.92. The summed E-state index contributed by atoms with van der Waals surface area (Å²) in [4.78, 5) is 28.6. The van der Waals surface area contributed by atoms with Crippen LogP contribution in [0.4, 0.5) is 0 Å². The van der Waals surface area contributed by atoms with Gasteiger partial charge in [-0.05, 0) is 82.3 Å². The predicted molar refractivity (Wildman–Crippen MR) is 116 cm³/mol. The van der Waals surface area contributed by atoms with Gasteiger partial charge in [0.05, 0.1) is 5.56 Å². The van der Waals surface area contributed by atoms with E-state index in [4.69, 9.17) is 0 Å². The number of rotatable bonds is 6. The molecule has 1 fully saturated rings. The number of hydrogen-bond donors (Lipinski definition) is 3. The highest BCUT2D eigenvalue weighted by atomic mass is 32.1. The van der Waals surface area contributed by atoms with E-state index in [9.17, 15) is 9.59 Å². The number of aryl methyl sites for hydroxylation is 2. The number of hydrogen-bond acceptors (Lipinski definition) is 4. The Bertz CT molecular complexity index is 920. The van der Waals surface area contributed by atoms with E-state index in [1.165, 1.54) is 12.8 Å². The Morgan fingerprint density at radius 3 is 2.75 bits per heavy atom. The molecule has 2 aromatic heterocycles. The summed E-state index contributed by atoms with van der Waals surface area (Å²) >= 11 is 1.59. The zero-order valence-electron chi connectivity index (χ0n) is 16.9. The number of H-pyrrole nitrogens is 1. The van der Waals surface area contributed by atoms with Crippen LogP contribution in [0.15, 0.2) is 22.3 Å². The minimum atomic E-state index is -0.138. The van der Waals surface area contributed by atoms with Crippen molar-refractivity contribution in [3.8, 4) is 0 Å². The molecule has 0 unspecified atom stereocenters. The number of thiophene rings is 1. The first kappa shape index (κ1) is 20.6. The molecule has 3 N–H and O–H groups in total. The maximum atomic E-state index is 12.6. The first-order valence-electron chi connectivity index (χ1n) is 9.88. The van der Waals surface area contributed by atoms with Crippen molar-refractivity contribution in [2.24, 2.45) is 5.92 Å². The summed E-state index contributed by atoms with van der Waals surface area (Å²) in [5.41, 5.74) is 3.87. The van der Waals surface area contributed by atoms with Crippen LogP contribution in [0.5, 0.6) is 0 Å². The van der Waals surface area contributed by atoms with Gasteiger partial charge in [-0.15, -0.1) is 11.3 Å². The van der Waals surface area contributed by atoms with E-state index in [2.05, 4.69) is 27.8 Å². The van der Waals surface area contributed by atoms with Crippen molar-refractivity contribution >= 4 is 23.3 Å². The standard InChI is InChI=1S/C22H29N3O2S/c1-14-11-15(2)25-22(27)18(14)12-24-21(26)19-13-28-20(16(19)3)6-4-5-17-7-9-23-10-8-17/h4,6,11,13,17,23H,5,7-10,12H2,1-3H3,(H,24,26)(H,25,27)/b6-4+. The second-order valence-corrected chi connectivity index (χ2v) is 8.51. The summed E-state index contributed by atoms with van der Waals surface area (Å²) in [5, 5.41) is 8.19. The summed E-state index contributed by atoms with van der Waals surface area (Å²) in [6.07, 6.45) is 7.95. The van der Waals surface area contributed by atoms with Gasteiger partial charge in [-0.25, -0.2) is 0 Å². The Balaban J connectivity index is 1.61. The van der Waals surface area contributed by atoms with Gasteiger partial charge in [0.2, 0.25) is 0 Å². The fraction of sp³-hybridized carbons (Fsp3) is 0.455. The molecule has 28 heavy (non-hydrogen) atoms. The van der Waals surface area contributed by atoms with E-state index < -0.39 is 0 Å². The van der Waals surface area contributed by atoms with Crippen molar-refractivity contribution in [3.63, 3.8) is 0 Å². The van der Waals surface area contributed by atoms with Crippen molar-refractivity contribution < 1.29 is 4.79 Å². The van der Waals surface area contributed by atoms with Crippen LogP contribution in [-0.4, -0.2) is 24.0 Å². The molecule has 0 saturated carbocycles. The first-order chi connectivity index (χ1) is 13.5. The molecule has 2 aromatic rings.